The van der Waals surface area contributed by atoms with E-state index in [0.29, 0.717) is 19.8 Å². The zero-order chi connectivity index (χ0) is 11.6. The number of nitrogens with one attached hydrogen (secondary N) is 1. The van der Waals surface area contributed by atoms with Crippen molar-refractivity contribution in [1.29, 1.82) is 0 Å². The molecule has 0 fully saturated rings. The minimum absolute atomic E-state index is 0.0438. The highest BCUT2D eigenvalue weighted by Gasteiger charge is 2.07. The summed E-state index contributed by atoms with van der Waals surface area (Å²) in [6.07, 6.45) is 0. The Bertz CT molecular complexity index is 266. The van der Waals surface area contributed by atoms with E-state index in [4.69, 9.17) is 9.84 Å². The van der Waals surface area contributed by atoms with E-state index in [1.165, 1.54) is 0 Å². The molecule has 16 heavy (non-hydrogen) atoms. The topological polar surface area (TPSA) is 61.7 Å². The van der Waals surface area contributed by atoms with Crippen LogP contribution in [0.5, 0.6) is 0 Å². The number of aliphatic hydroxyl groups is 2. The molecule has 0 saturated heterocycles. The summed E-state index contributed by atoms with van der Waals surface area (Å²) in [5, 5.41) is 20.9. The molecule has 0 bridgehead atoms. The van der Waals surface area contributed by atoms with Crippen LogP contribution in [-0.2, 0) is 4.74 Å². The van der Waals surface area contributed by atoms with Gasteiger partial charge in [-0.05, 0) is 5.56 Å². The van der Waals surface area contributed by atoms with E-state index in [-0.39, 0.29) is 19.3 Å². The lowest BCUT2D eigenvalue weighted by Crippen LogP contribution is -2.28. The Hall–Kier alpha value is -0.940. The standard InChI is InChI=1S/C12H19NO3/c14-7-9-16-8-6-13-12(10-15)11-4-2-1-3-5-11/h1-5,12-15H,6-10H2. The third kappa shape index (κ3) is 4.72. The van der Waals surface area contributed by atoms with Gasteiger partial charge < -0.3 is 20.3 Å². The van der Waals surface area contributed by atoms with Gasteiger partial charge in [-0.2, -0.15) is 0 Å². The van der Waals surface area contributed by atoms with Crippen LogP contribution in [0.25, 0.3) is 0 Å². The maximum atomic E-state index is 9.24. The van der Waals surface area contributed by atoms with Crippen molar-refractivity contribution >= 4 is 0 Å². The number of rotatable bonds is 8. The average molecular weight is 225 g/mol. The first-order valence-corrected chi connectivity index (χ1v) is 5.46. The SMILES string of the molecule is OCCOCCNC(CO)c1ccccc1. The summed E-state index contributed by atoms with van der Waals surface area (Å²) >= 11 is 0. The third-order valence-corrected chi connectivity index (χ3v) is 2.26. The van der Waals surface area contributed by atoms with Crippen molar-refractivity contribution in [3.05, 3.63) is 35.9 Å². The molecular formula is C12H19NO3. The van der Waals surface area contributed by atoms with Gasteiger partial charge in [-0.15, -0.1) is 0 Å². The molecule has 4 nitrogen and oxygen atoms in total. The van der Waals surface area contributed by atoms with E-state index < -0.39 is 0 Å². The van der Waals surface area contributed by atoms with E-state index >= 15 is 0 Å². The van der Waals surface area contributed by atoms with Gasteiger partial charge in [0.05, 0.1) is 32.5 Å². The molecule has 0 radical (unpaired) electrons. The summed E-state index contributed by atoms with van der Waals surface area (Å²) in [4.78, 5) is 0. The first kappa shape index (κ1) is 13.1. The lowest BCUT2D eigenvalue weighted by Gasteiger charge is -2.16. The van der Waals surface area contributed by atoms with Gasteiger partial charge in [0.2, 0.25) is 0 Å². The third-order valence-electron chi connectivity index (χ3n) is 2.26. The molecule has 0 spiro atoms. The zero-order valence-corrected chi connectivity index (χ0v) is 9.30. The molecule has 1 rings (SSSR count). The molecule has 90 valence electrons. The van der Waals surface area contributed by atoms with E-state index in [0.717, 1.165) is 5.56 Å². The molecule has 0 aliphatic heterocycles. The van der Waals surface area contributed by atoms with Crippen molar-refractivity contribution in [2.24, 2.45) is 0 Å². The summed E-state index contributed by atoms with van der Waals surface area (Å²) in [5.41, 5.74) is 1.06. The monoisotopic (exact) mass is 225 g/mol. The zero-order valence-electron chi connectivity index (χ0n) is 9.30. The first-order valence-electron chi connectivity index (χ1n) is 5.46. The van der Waals surface area contributed by atoms with Gasteiger partial charge in [0.25, 0.3) is 0 Å². The predicted octanol–water partition coefficient (Wildman–Crippen LogP) is 0.318. The van der Waals surface area contributed by atoms with Crippen LogP contribution in [0.15, 0.2) is 30.3 Å². The summed E-state index contributed by atoms with van der Waals surface area (Å²) in [6, 6.07) is 9.73. The summed E-state index contributed by atoms with van der Waals surface area (Å²) in [6.45, 7) is 1.65. The van der Waals surface area contributed by atoms with Gasteiger partial charge >= 0.3 is 0 Å². The molecule has 0 saturated carbocycles. The molecule has 3 N–H and O–H groups in total. The molecule has 1 aromatic rings. The number of hydrogen-bond acceptors (Lipinski definition) is 4. The lowest BCUT2D eigenvalue weighted by atomic mass is 10.1. The second kappa shape index (κ2) is 8.24. The van der Waals surface area contributed by atoms with Gasteiger partial charge in [-0.1, -0.05) is 30.3 Å². The highest BCUT2D eigenvalue weighted by molar-refractivity contribution is 5.18. The van der Waals surface area contributed by atoms with Crippen LogP contribution >= 0.6 is 0 Å². The molecule has 1 unspecified atom stereocenters. The molecule has 1 aromatic carbocycles. The maximum absolute atomic E-state index is 9.24. The van der Waals surface area contributed by atoms with Crippen molar-refractivity contribution in [2.75, 3.05) is 33.0 Å². The van der Waals surface area contributed by atoms with Crippen LogP contribution in [0.2, 0.25) is 0 Å². The Labute approximate surface area is 95.9 Å². The van der Waals surface area contributed by atoms with Crippen molar-refractivity contribution in [2.45, 2.75) is 6.04 Å². The molecule has 1 atom stereocenters. The molecular weight excluding hydrogens is 206 g/mol. The molecule has 0 aliphatic carbocycles. The Kier molecular flexibility index (Phi) is 6.76. The van der Waals surface area contributed by atoms with Gasteiger partial charge in [0.1, 0.15) is 0 Å². The van der Waals surface area contributed by atoms with Crippen LogP contribution in [0.1, 0.15) is 11.6 Å². The van der Waals surface area contributed by atoms with Crippen molar-refractivity contribution in [3.8, 4) is 0 Å². The number of ether oxygens (including phenoxy) is 1. The minimum Gasteiger partial charge on any atom is -0.394 e. The van der Waals surface area contributed by atoms with Gasteiger partial charge in [0, 0.05) is 6.54 Å². The fraction of sp³-hybridized carbons (Fsp3) is 0.500. The van der Waals surface area contributed by atoms with Crippen molar-refractivity contribution < 1.29 is 14.9 Å². The Morgan fingerprint density at radius 2 is 1.88 bits per heavy atom. The average Bonchev–Trinajstić information content (AvgIpc) is 2.35. The number of benzene rings is 1. The second-order valence-electron chi connectivity index (χ2n) is 3.44. The van der Waals surface area contributed by atoms with E-state index in [2.05, 4.69) is 5.32 Å². The van der Waals surface area contributed by atoms with Crippen LogP contribution in [-0.4, -0.2) is 43.2 Å². The maximum Gasteiger partial charge on any atom is 0.0698 e. The van der Waals surface area contributed by atoms with Gasteiger partial charge in [-0.3, -0.25) is 0 Å². The summed E-state index contributed by atoms with van der Waals surface area (Å²) in [5.74, 6) is 0. The Morgan fingerprint density at radius 1 is 1.12 bits per heavy atom. The van der Waals surface area contributed by atoms with Crippen molar-refractivity contribution in [1.82, 2.24) is 5.32 Å². The van der Waals surface area contributed by atoms with E-state index in [1.807, 2.05) is 30.3 Å². The fourth-order valence-electron chi connectivity index (χ4n) is 1.45. The quantitative estimate of drug-likeness (QED) is 0.558. The van der Waals surface area contributed by atoms with Crippen molar-refractivity contribution in [3.63, 3.8) is 0 Å². The first-order chi connectivity index (χ1) is 7.88. The molecule has 0 amide bonds. The van der Waals surface area contributed by atoms with Crippen LogP contribution in [0.4, 0.5) is 0 Å². The van der Waals surface area contributed by atoms with E-state index in [9.17, 15) is 5.11 Å². The summed E-state index contributed by atoms with van der Waals surface area (Å²) < 4.78 is 5.12. The highest BCUT2D eigenvalue weighted by Crippen LogP contribution is 2.10. The molecule has 0 heterocycles. The van der Waals surface area contributed by atoms with Gasteiger partial charge in [0.15, 0.2) is 0 Å². The normalized spacial score (nSPS) is 12.6. The largest absolute Gasteiger partial charge is 0.394 e. The van der Waals surface area contributed by atoms with Crippen LogP contribution < -0.4 is 5.32 Å². The smallest absolute Gasteiger partial charge is 0.0698 e. The number of aliphatic hydroxyl groups excluding tert-OH is 2. The fourth-order valence-corrected chi connectivity index (χ4v) is 1.45. The highest BCUT2D eigenvalue weighted by atomic mass is 16.5. The van der Waals surface area contributed by atoms with E-state index in [1.54, 1.807) is 0 Å². The minimum atomic E-state index is -0.0565. The van der Waals surface area contributed by atoms with Crippen LogP contribution in [0, 0.1) is 0 Å². The van der Waals surface area contributed by atoms with Crippen LogP contribution in [0.3, 0.4) is 0 Å². The Balaban J connectivity index is 2.27. The molecule has 0 aliphatic rings. The predicted molar refractivity (Wildman–Crippen MR) is 62.2 cm³/mol. The molecule has 4 heteroatoms. The molecule has 0 aromatic heterocycles. The summed E-state index contributed by atoms with van der Waals surface area (Å²) in [7, 11) is 0. The Morgan fingerprint density at radius 3 is 2.50 bits per heavy atom. The second-order valence-corrected chi connectivity index (χ2v) is 3.44. The van der Waals surface area contributed by atoms with Gasteiger partial charge in [-0.25, -0.2) is 0 Å². The lowest BCUT2D eigenvalue weighted by molar-refractivity contribution is 0.0909. The number of hydrogen-bond donors (Lipinski definition) is 3.